The van der Waals surface area contributed by atoms with Crippen LogP contribution in [0.5, 0.6) is 0 Å². The number of aromatic nitrogens is 4. The lowest BCUT2D eigenvalue weighted by molar-refractivity contribution is -0.121. The second-order valence-electron chi connectivity index (χ2n) is 5.83. The zero-order chi connectivity index (χ0) is 17.3. The van der Waals surface area contributed by atoms with Crippen LogP contribution in [0, 0.1) is 13.8 Å². The Morgan fingerprint density at radius 1 is 1.25 bits per heavy atom. The fourth-order valence-electron chi connectivity index (χ4n) is 2.81. The number of fused-ring (bicyclic) bond motifs is 1. The molecule has 3 rings (SSSR count). The highest BCUT2D eigenvalue weighted by Crippen LogP contribution is 2.22. The Morgan fingerprint density at radius 3 is 2.71 bits per heavy atom. The summed E-state index contributed by atoms with van der Waals surface area (Å²) in [6, 6.07) is 7.74. The van der Waals surface area contributed by atoms with Gasteiger partial charge in [0.15, 0.2) is 5.15 Å². The molecule has 0 unspecified atom stereocenters. The van der Waals surface area contributed by atoms with E-state index in [0.717, 1.165) is 27.9 Å². The number of halogens is 1. The van der Waals surface area contributed by atoms with Gasteiger partial charge in [-0.25, -0.2) is 0 Å². The summed E-state index contributed by atoms with van der Waals surface area (Å²) in [5.74, 6) is -0.0200. The third-order valence-electron chi connectivity index (χ3n) is 4.28. The number of rotatable bonds is 5. The smallest absolute Gasteiger partial charge is 0.222 e. The lowest BCUT2D eigenvalue weighted by Crippen LogP contribution is -2.24. The van der Waals surface area contributed by atoms with Crippen LogP contribution < -0.4 is 5.32 Å². The Labute approximate surface area is 145 Å². The molecule has 0 fully saturated rings. The lowest BCUT2D eigenvalue weighted by Gasteiger charge is -2.07. The maximum atomic E-state index is 12.1. The van der Waals surface area contributed by atoms with Crippen LogP contribution in [-0.2, 0) is 24.9 Å². The van der Waals surface area contributed by atoms with Gasteiger partial charge in [-0.15, -0.1) is 0 Å². The molecule has 0 atom stereocenters. The molecule has 1 aromatic carbocycles. The van der Waals surface area contributed by atoms with Crippen LogP contribution in [0.3, 0.4) is 0 Å². The molecule has 0 aliphatic rings. The van der Waals surface area contributed by atoms with Crippen LogP contribution in [0.15, 0.2) is 24.3 Å². The highest BCUT2D eigenvalue weighted by Gasteiger charge is 2.12. The summed E-state index contributed by atoms with van der Waals surface area (Å²) in [7, 11) is 1.90. The molecule has 1 amide bonds. The van der Waals surface area contributed by atoms with E-state index < -0.39 is 0 Å². The van der Waals surface area contributed by atoms with E-state index >= 15 is 0 Å². The molecule has 3 aromatic rings. The fraction of sp³-hybridized carbons (Fsp3) is 0.353. The zero-order valence-corrected chi connectivity index (χ0v) is 14.8. The molecule has 0 aliphatic heterocycles. The summed E-state index contributed by atoms with van der Waals surface area (Å²) in [5.41, 5.74) is 4.02. The Morgan fingerprint density at radius 2 is 2.00 bits per heavy atom. The fourth-order valence-corrected chi connectivity index (χ4v) is 3.06. The maximum absolute atomic E-state index is 12.1. The summed E-state index contributed by atoms with van der Waals surface area (Å²) in [5, 5.41) is 13.0. The van der Waals surface area contributed by atoms with Gasteiger partial charge in [0, 0.05) is 36.7 Å². The monoisotopic (exact) mass is 345 g/mol. The average molecular weight is 346 g/mol. The third kappa shape index (κ3) is 3.14. The minimum Gasteiger partial charge on any atom is -0.352 e. The molecule has 126 valence electrons. The number of nitrogens with zero attached hydrogens (tertiary/aromatic N) is 4. The second kappa shape index (κ2) is 6.65. The van der Waals surface area contributed by atoms with Crippen molar-refractivity contribution < 1.29 is 4.79 Å². The number of aryl methyl sites for hydroxylation is 3. The average Bonchev–Trinajstić information content (AvgIpc) is 3.01. The molecule has 0 aliphatic carbocycles. The number of nitrogens with one attached hydrogen (secondary N) is 1. The molecular formula is C17H20ClN5O. The van der Waals surface area contributed by atoms with E-state index in [-0.39, 0.29) is 5.91 Å². The van der Waals surface area contributed by atoms with Gasteiger partial charge in [0.05, 0.1) is 17.8 Å². The van der Waals surface area contributed by atoms with Gasteiger partial charge in [-0.1, -0.05) is 23.7 Å². The van der Waals surface area contributed by atoms with E-state index in [1.807, 2.05) is 49.8 Å². The third-order valence-corrected chi connectivity index (χ3v) is 4.56. The number of para-hydroxylation sites is 1. The largest absolute Gasteiger partial charge is 0.352 e. The lowest BCUT2D eigenvalue weighted by atomic mass is 10.2. The molecule has 0 saturated heterocycles. The number of benzene rings is 1. The van der Waals surface area contributed by atoms with Crippen molar-refractivity contribution in [3.8, 4) is 0 Å². The number of hydrogen-bond donors (Lipinski definition) is 1. The molecule has 2 aromatic heterocycles. The van der Waals surface area contributed by atoms with Crippen molar-refractivity contribution in [3.05, 3.63) is 46.4 Å². The Kier molecular flexibility index (Phi) is 4.57. The van der Waals surface area contributed by atoms with E-state index in [0.29, 0.717) is 24.7 Å². The Balaban J connectivity index is 1.61. The predicted molar refractivity (Wildman–Crippen MR) is 93.9 cm³/mol. The van der Waals surface area contributed by atoms with Crippen LogP contribution in [0.2, 0.25) is 5.15 Å². The van der Waals surface area contributed by atoms with E-state index in [9.17, 15) is 4.79 Å². The summed E-state index contributed by atoms with van der Waals surface area (Å²) >= 11 is 6.13. The topological polar surface area (TPSA) is 64.7 Å². The summed E-state index contributed by atoms with van der Waals surface area (Å²) < 4.78 is 3.60. The van der Waals surface area contributed by atoms with Crippen molar-refractivity contribution in [1.82, 2.24) is 24.9 Å². The van der Waals surface area contributed by atoms with E-state index in [1.54, 1.807) is 4.68 Å². The van der Waals surface area contributed by atoms with Gasteiger partial charge in [0.1, 0.15) is 0 Å². The van der Waals surface area contributed by atoms with Gasteiger partial charge < -0.3 is 5.32 Å². The van der Waals surface area contributed by atoms with Crippen LogP contribution >= 0.6 is 11.6 Å². The Hall–Kier alpha value is -2.34. The highest BCUT2D eigenvalue weighted by molar-refractivity contribution is 6.34. The SMILES string of the molecule is Cc1nn(C)c(C)c1CNC(=O)CCn1nc(Cl)c2ccccc21. The van der Waals surface area contributed by atoms with Gasteiger partial charge in [-0.05, 0) is 26.0 Å². The van der Waals surface area contributed by atoms with Crippen LogP contribution in [0.4, 0.5) is 0 Å². The maximum Gasteiger partial charge on any atom is 0.222 e. The van der Waals surface area contributed by atoms with Crippen LogP contribution in [0.1, 0.15) is 23.4 Å². The van der Waals surface area contributed by atoms with Gasteiger partial charge >= 0.3 is 0 Å². The second-order valence-corrected chi connectivity index (χ2v) is 6.19. The van der Waals surface area contributed by atoms with Gasteiger partial charge in [-0.2, -0.15) is 10.2 Å². The molecule has 1 N–H and O–H groups in total. The molecule has 0 spiro atoms. The van der Waals surface area contributed by atoms with E-state index in [4.69, 9.17) is 11.6 Å². The van der Waals surface area contributed by atoms with E-state index in [1.165, 1.54) is 0 Å². The first kappa shape index (κ1) is 16.5. The van der Waals surface area contributed by atoms with Gasteiger partial charge in [0.2, 0.25) is 5.91 Å². The van der Waals surface area contributed by atoms with Crippen molar-refractivity contribution in [2.45, 2.75) is 33.4 Å². The molecule has 2 heterocycles. The van der Waals surface area contributed by atoms with E-state index in [2.05, 4.69) is 15.5 Å². The number of hydrogen-bond acceptors (Lipinski definition) is 3. The van der Waals surface area contributed by atoms with Crippen molar-refractivity contribution >= 4 is 28.4 Å². The Bertz CT molecular complexity index is 896. The van der Waals surface area contributed by atoms with Crippen molar-refractivity contribution in [2.75, 3.05) is 0 Å². The van der Waals surface area contributed by atoms with Crippen LogP contribution in [0.25, 0.3) is 10.9 Å². The molecular weight excluding hydrogens is 326 g/mol. The van der Waals surface area contributed by atoms with Crippen molar-refractivity contribution in [1.29, 1.82) is 0 Å². The molecule has 0 saturated carbocycles. The van der Waals surface area contributed by atoms with Gasteiger partial charge in [-0.3, -0.25) is 14.2 Å². The predicted octanol–water partition coefficient (Wildman–Crippen LogP) is 2.75. The zero-order valence-electron chi connectivity index (χ0n) is 14.0. The van der Waals surface area contributed by atoms with Crippen molar-refractivity contribution in [3.63, 3.8) is 0 Å². The molecule has 7 heteroatoms. The molecule has 24 heavy (non-hydrogen) atoms. The molecule has 0 bridgehead atoms. The molecule has 0 radical (unpaired) electrons. The number of carbonyl (C=O) groups excluding carboxylic acids is 1. The minimum atomic E-state index is -0.0200. The summed E-state index contributed by atoms with van der Waals surface area (Å²) in [6.45, 7) is 4.93. The summed E-state index contributed by atoms with van der Waals surface area (Å²) in [4.78, 5) is 12.1. The highest BCUT2D eigenvalue weighted by atomic mass is 35.5. The normalized spacial score (nSPS) is 11.2. The number of amides is 1. The van der Waals surface area contributed by atoms with Crippen molar-refractivity contribution in [2.24, 2.45) is 7.05 Å². The first-order chi connectivity index (χ1) is 11.5. The number of carbonyl (C=O) groups is 1. The van der Waals surface area contributed by atoms with Crippen LogP contribution in [-0.4, -0.2) is 25.5 Å². The first-order valence-corrected chi connectivity index (χ1v) is 8.22. The van der Waals surface area contributed by atoms with Gasteiger partial charge in [0.25, 0.3) is 0 Å². The minimum absolute atomic E-state index is 0.0200. The first-order valence-electron chi connectivity index (χ1n) is 7.84. The quantitative estimate of drug-likeness (QED) is 0.773. The standard InChI is InChI=1S/C17H20ClN5O/c1-11-14(12(2)22(3)20-11)10-19-16(24)8-9-23-15-7-5-4-6-13(15)17(18)21-23/h4-7H,8-10H2,1-3H3,(H,19,24). The summed E-state index contributed by atoms with van der Waals surface area (Å²) in [6.07, 6.45) is 0.348. The molecule has 6 nitrogen and oxygen atoms in total.